The smallest absolute Gasteiger partial charge is 0.223 e. The Hall–Kier alpha value is -2.05. The lowest BCUT2D eigenvalue weighted by molar-refractivity contribution is 0.616. The van der Waals surface area contributed by atoms with Crippen molar-refractivity contribution in [3.63, 3.8) is 0 Å². The highest BCUT2D eigenvalue weighted by Crippen LogP contribution is 2.36. The molecule has 2 aromatic rings. The summed E-state index contributed by atoms with van der Waals surface area (Å²) >= 11 is 6.11. The normalized spacial score (nSPS) is 17.9. The van der Waals surface area contributed by atoms with Crippen LogP contribution in [0.1, 0.15) is 6.42 Å². The molecule has 1 atom stereocenters. The molecule has 1 aromatic heterocycles. The third kappa shape index (κ3) is 2.80. The number of benzene rings is 1. The van der Waals surface area contributed by atoms with E-state index in [0.717, 1.165) is 36.5 Å². The summed E-state index contributed by atoms with van der Waals surface area (Å²) in [6.07, 6.45) is 1.05. The van der Waals surface area contributed by atoms with Gasteiger partial charge in [-0.1, -0.05) is 23.7 Å². The number of aromatic nitrogens is 2. The van der Waals surface area contributed by atoms with Gasteiger partial charge in [0.1, 0.15) is 11.6 Å². The molecule has 0 aliphatic carbocycles. The molecule has 3 rings (SSSR count). The van der Waals surface area contributed by atoms with E-state index in [2.05, 4.69) is 20.2 Å². The first-order chi connectivity index (χ1) is 10.6. The van der Waals surface area contributed by atoms with Gasteiger partial charge in [0.05, 0.1) is 5.56 Å². The van der Waals surface area contributed by atoms with Crippen molar-refractivity contribution in [1.29, 1.82) is 0 Å². The highest BCUT2D eigenvalue weighted by molar-refractivity contribution is 6.30. The maximum Gasteiger partial charge on any atom is 0.223 e. The Morgan fingerprint density at radius 2 is 2.14 bits per heavy atom. The Morgan fingerprint density at radius 3 is 2.82 bits per heavy atom. The minimum Gasteiger partial charge on any atom is -0.383 e. The van der Waals surface area contributed by atoms with Crippen LogP contribution in [0.25, 0.3) is 11.1 Å². The number of anilines is 3. The van der Waals surface area contributed by atoms with Crippen molar-refractivity contribution >= 4 is 29.2 Å². The van der Waals surface area contributed by atoms with Gasteiger partial charge in [-0.2, -0.15) is 9.97 Å². The number of nitrogen functional groups attached to an aromatic ring is 2. The van der Waals surface area contributed by atoms with Gasteiger partial charge in [-0.3, -0.25) is 0 Å². The summed E-state index contributed by atoms with van der Waals surface area (Å²) < 4.78 is 0. The van der Waals surface area contributed by atoms with Crippen molar-refractivity contribution in [3.8, 4) is 11.1 Å². The second kappa shape index (κ2) is 5.98. The molecular weight excluding hydrogens is 300 g/mol. The van der Waals surface area contributed by atoms with Crippen LogP contribution in [0.3, 0.4) is 0 Å². The molecule has 1 aliphatic rings. The van der Waals surface area contributed by atoms with Gasteiger partial charge in [0.25, 0.3) is 0 Å². The molecule has 6 nitrogen and oxygen atoms in total. The minimum atomic E-state index is 0.186. The molecule has 0 amide bonds. The number of nitrogens with two attached hydrogens (primary N) is 2. The van der Waals surface area contributed by atoms with E-state index in [-0.39, 0.29) is 5.95 Å². The fraction of sp³-hybridized carbons (Fsp3) is 0.333. The molecule has 1 saturated heterocycles. The third-order valence-electron chi connectivity index (χ3n) is 3.94. The number of likely N-dealkylation sites (N-methyl/N-ethyl adjacent to an activating group) is 1. The summed E-state index contributed by atoms with van der Waals surface area (Å²) in [7, 11) is 1.97. The van der Waals surface area contributed by atoms with Gasteiger partial charge >= 0.3 is 0 Å². The molecule has 0 unspecified atom stereocenters. The van der Waals surface area contributed by atoms with E-state index in [4.69, 9.17) is 23.1 Å². The van der Waals surface area contributed by atoms with E-state index in [1.807, 2.05) is 31.3 Å². The summed E-state index contributed by atoms with van der Waals surface area (Å²) in [4.78, 5) is 10.7. The Bertz CT molecular complexity index is 690. The van der Waals surface area contributed by atoms with E-state index in [0.29, 0.717) is 16.9 Å². The number of hydrogen-bond acceptors (Lipinski definition) is 6. The maximum absolute atomic E-state index is 6.12. The quantitative estimate of drug-likeness (QED) is 0.798. The van der Waals surface area contributed by atoms with Crippen LogP contribution in [0.15, 0.2) is 24.3 Å². The molecule has 1 aliphatic heterocycles. The van der Waals surface area contributed by atoms with Gasteiger partial charge in [0, 0.05) is 24.2 Å². The topological polar surface area (TPSA) is 93.1 Å². The molecule has 5 N–H and O–H groups in total. The second-order valence-electron chi connectivity index (χ2n) is 5.40. The molecule has 1 fully saturated rings. The van der Waals surface area contributed by atoms with Crippen molar-refractivity contribution in [1.82, 2.24) is 15.3 Å². The molecule has 2 heterocycles. The fourth-order valence-corrected chi connectivity index (χ4v) is 3.01. The van der Waals surface area contributed by atoms with E-state index in [9.17, 15) is 0 Å². The van der Waals surface area contributed by atoms with E-state index >= 15 is 0 Å². The van der Waals surface area contributed by atoms with Crippen LogP contribution in [0.2, 0.25) is 5.02 Å². The van der Waals surface area contributed by atoms with E-state index < -0.39 is 0 Å². The van der Waals surface area contributed by atoms with Gasteiger partial charge in [-0.15, -0.1) is 0 Å². The highest BCUT2D eigenvalue weighted by Gasteiger charge is 2.26. The largest absolute Gasteiger partial charge is 0.383 e. The summed E-state index contributed by atoms with van der Waals surface area (Å²) in [5.41, 5.74) is 13.6. The molecule has 22 heavy (non-hydrogen) atoms. The molecule has 116 valence electrons. The molecule has 7 heteroatoms. The van der Waals surface area contributed by atoms with Crippen LogP contribution in [-0.2, 0) is 0 Å². The standard InChI is InChI=1S/C15H19ClN6/c1-19-11-5-6-22(8-11)14-12(13(17)20-15(18)21-14)9-3-2-4-10(16)7-9/h2-4,7,11,19H,5-6,8H2,1H3,(H4,17,18,20,21)/t11-/m1/s1. The summed E-state index contributed by atoms with van der Waals surface area (Å²) in [5, 5.41) is 3.94. The van der Waals surface area contributed by atoms with Gasteiger partial charge in [-0.05, 0) is 31.2 Å². The van der Waals surface area contributed by atoms with Crippen molar-refractivity contribution in [2.75, 3.05) is 36.5 Å². The lowest BCUT2D eigenvalue weighted by atomic mass is 10.1. The zero-order chi connectivity index (χ0) is 15.7. The molecule has 0 bridgehead atoms. The van der Waals surface area contributed by atoms with Crippen LogP contribution in [-0.4, -0.2) is 36.1 Å². The molecule has 0 saturated carbocycles. The predicted molar refractivity (Wildman–Crippen MR) is 91.0 cm³/mol. The second-order valence-corrected chi connectivity index (χ2v) is 5.83. The monoisotopic (exact) mass is 318 g/mol. The van der Waals surface area contributed by atoms with Crippen LogP contribution in [0.4, 0.5) is 17.6 Å². The van der Waals surface area contributed by atoms with Crippen LogP contribution < -0.4 is 21.7 Å². The van der Waals surface area contributed by atoms with Gasteiger partial charge in [0.15, 0.2) is 0 Å². The summed E-state index contributed by atoms with van der Waals surface area (Å²) in [6, 6.07) is 7.96. The highest BCUT2D eigenvalue weighted by atomic mass is 35.5. The van der Waals surface area contributed by atoms with Gasteiger partial charge in [-0.25, -0.2) is 0 Å². The zero-order valence-corrected chi connectivity index (χ0v) is 13.1. The first-order valence-corrected chi connectivity index (χ1v) is 7.57. The maximum atomic E-state index is 6.12. The molecule has 0 radical (unpaired) electrons. The zero-order valence-electron chi connectivity index (χ0n) is 12.4. The average molecular weight is 319 g/mol. The van der Waals surface area contributed by atoms with Gasteiger partial charge in [0.2, 0.25) is 5.95 Å². The lowest BCUT2D eigenvalue weighted by Gasteiger charge is -2.22. The Labute approximate surface area is 134 Å². The first kappa shape index (κ1) is 14.9. The number of nitrogens with one attached hydrogen (secondary N) is 1. The number of rotatable bonds is 3. The predicted octanol–water partition coefficient (Wildman–Crippen LogP) is 1.76. The van der Waals surface area contributed by atoms with Crippen molar-refractivity contribution < 1.29 is 0 Å². The SMILES string of the molecule is CN[C@@H]1CCN(c2nc(N)nc(N)c2-c2cccc(Cl)c2)C1. The number of nitrogens with zero attached hydrogens (tertiary/aromatic N) is 3. The Kier molecular flexibility index (Phi) is 4.04. The Balaban J connectivity index is 2.09. The van der Waals surface area contributed by atoms with Crippen molar-refractivity contribution in [3.05, 3.63) is 29.3 Å². The third-order valence-corrected chi connectivity index (χ3v) is 4.18. The average Bonchev–Trinajstić information content (AvgIpc) is 2.95. The van der Waals surface area contributed by atoms with E-state index in [1.54, 1.807) is 0 Å². The van der Waals surface area contributed by atoms with Crippen LogP contribution >= 0.6 is 11.6 Å². The molecule has 0 spiro atoms. The number of halogens is 1. The first-order valence-electron chi connectivity index (χ1n) is 7.19. The van der Waals surface area contributed by atoms with Crippen LogP contribution in [0, 0.1) is 0 Å². The summed E-state index contributed by atoms with van der Waals surface area (Å²) in [6.45, 7) is 1.76. The minimum absolute atomic E-state index is 0.186. The van der Waals surface area contributed by atoms with E-state index in [1.165, 1.54) is 0 Å². The lowest BCUT2D eigenvalue weighted by Crippen LogP contribution is -2.30. The van der Waals surface area contributed by atoms with Gasteiger partial charge < -0.3 is 21.7 Å². The van der Waals surface area contributed by atoms with Crippen LogP contribution in [0.5, 0.6) is 0 Å². The Morgan fingerprint density at radius 1 is 1.32 bits per heavy atom. The summed E-state index contributed by atoms with van der Waals surface area (Å²) in [5.74, 6) is 1.33. The molecule has 1 aromatic carbocycles. The van der Waals surface area contributed by atoms with Crippen molar-refractivity contribution in [2.24, 2.45) is 0 Å². The number of hydrogen-bond donors (Lipinski definition) is 3. The fourth-order valence-electron chi connectivity index (χ4n) is 2.82. The van der Waals surface area contributed by atoms with Crippen molar-refractivity contribution in [2.45, 2.75) is 12.5 Å². The molecular formula is C15H19ClN6.